The van der Waals surface area contributed by atoms with Crippen molar-refractivity contribution in [2.45, 2.75) is 31.8 Å². The molecule has 3 rings (SSSR count). The van der Waals surface area contributed by atoms with E-state index in [1.165, 1.54) is 31.5 Å². The van der Waals surface area contributed by atoms with Crippen LogP contribution in [0.3, 0.4) is 0 Å². The average Bonchev–Trinajstić information content (AvgIpc) is 2.72. The number of piperidine rings is 1. The zero-order valence-corrected chi connectivity index (χ0v) is 14.1. The predicted molar refractivity (Wildman–Crippen MR) is 87.1 cm³/mol. The Morgan fingerprint density at radius 1 is 1.24 bits per heavy atom. The summed E-state index contributed by atoms with van der Waals surface area (Å²) in [5.74, 6) is 1.71. The quantitative estimate of drug-likeness (QED) is 0.904. The summed E-state index contributed by atoms with van der Waals surface area (Å²) in [6.45, 7) is 4.69. The van der Waals surface area contributed by atoms with Crippen LogP contribution in [0, 0.1) is 0 Å². The summed E-state index contributed by atoms with van der Waals surface area (Å²) < 4.78 is 12.5. The largest absolute Gasteiger partial charge is 0.490 e. The highest BCUT2D eigenvalue weighted by atomic mass is 79.9. The highest BCUT2D eigenvalue weighted by molar-refractivity contribution is 9.10. The number of nitrogens with zero attached hydrogens (tertiary/aromatic N) is 1. The lowest BCUT2D eigenvalue weighted by atomic mass is 10.1. The van der Waals surface area contributed by atoms with Gasteiger partial charge < -0.3 is 19.7 Å². The second-order valence-electron chi connectivity index (χ2n) is 5.91. The minimum atomic E-state index is 0.621. The van der Waals surface area contributed by atoms with Crippen molar-refractivity contribution < 1.29 is 9.47 Å². The lowest BCUT2D eigenvalue weighted by molar-refractivity contribution is 0.234. The Balaban J connectivity index is 1.63. The molecule has 0 radical (unpaired) electrons. The molecule has 1 saturated heterocycles. The molecule has 2 heterocycles. The highest BCUT2D eigenvalue weighted by Crippen LogP contribution is 2.38. The van der Waals surface area contributed by atoms with E-state index in [1.54, 1.807) is 0 Å². The van der Waals surface area contributed by atoms with E-state index >= 15 is 0 Å². The molecule has 0 aliphatic carbocycles. The van der Waals surface area contributed by atoms with Crippen LogP contribution >= 0.6 is 15.9 Å². The van der Waals surface area contributed by atoms with Gasteiger partial charge in [0, 0.05) is 19.0 Å². The lowest BCUT2D eigenvalue weighted by Crippen LogP contribution is -2.40. The van der Waals surface area contributed by atoms with Crippen molar-refractivity contribution in [2.75, 3.05) is 33.4 Å². The van der Waals surface area contributed by atoms with Gasteiger partial charge in [-0.1, -0.05) is 0 Å². The smallest absolute Gasteiger partial charge is 0.175 e. The molecule has 0 spiro atoms. The van der Waals surface area contributed by atoms with E-state index in [2.05, 4.69) is 45.3 Å². The summed E-state index contributed by atoms with van der Waals surface area (Å²) in [4.78, 5) is 2.39. The maximum absolute atomic E-state index is 5.79. The molecule has 1 fully saturated rings. The van der Waals surface area contributed by atoms with Crippen LogP contribution in [0.15, 0.2) is 16.6 Å². The molecule has 21 heavy (non-hydrogen) atoms. The van der Waals surface area contributed by atoms with Gasteiger partial charge in [0.15, 0.2) is 11.5 Å². The molecule has 4 nitrogen and oxygen atoms in total. The minimum absolute atomic E-state index is 0.621. The maximum Gasteiger partial charge on any atom is 0.175 e. The molecule has 1 N–H and O–H groups in total. The van der Waals surface area contributed by atoms with Crippen LogP contribution in [0.5, 0.6) is 11.5 Å². The summed E-state index contributed by atoms with van der Waals surface area (Å²) in [7, 11) is 2.19. The van der Waals surface area contributed by atoms with Crippen molar-refractivity contribution >= 4 is 15.9 Å². The van der Waals surface area contributed by atoms with Crippen LogP contribution in [0.25, 0.3) is 0 Å². The molecule has 0 saturated carbocycles. The van der Waals surface area contributed by atoms with Gasteiger partial charge in [-0.25, -0.2) is 0 Å². The number of nitrogens with one attached hydrogen (secondary N) is 1. The first-order valence-corrected chi connectivity index (χ1v) is 8.51. The Bertz CT molecular complexity index is 487. The van der Waals surface area contributed by atoms with Crippen molar-refractivity contribution in [3.8, 4) is 11.5 Å². The Hall–Kier alpha value is -0.780. The van der Waals surface area contributed by atoms with Crippen molar-refractivity contribution in [2.24, 2.45) is 0 Å². The Morgan fingerprint density at radius 3 is 2.81 bits per heavy atom. The second-order valence-corrected chi connectivity index (χ2v) is 6.77. The van der Waals surface area contributed by atoms with Crippen molar-refractivity contribution in [3.63, 3.8) is 0 Å². The normalized spacial score (nSPS) is 20.3. The zero-order chi connectivity index (χ0) is 14.7. The molecule has 1 aromatic carbocycles. The minimum Gasteiger partial charge on any atom is -0.490 e. The standard InChI is InChI=1S/C16H23BrN2O2/c1-19-5-3-13(4-6-19)18-11-12-9-14(17)16-15(10-12)20-7-2-8-21-16/h9-10,13,18H,2-8,11H2,1H3. The predicted octanol–water partition coefficient (Wildman–Crippen LogP) is 2.79. The number of hydrogen-bond acceptors (Lipinski definition) is 4. The molecule has 0 bridgehead atoms. The van der Waals surface area contributed by atoms with Gasteiger partial charge >= 0.3 is 0 Å². The molecular weight excluding hydrogens is 332 g/mol. The fourth-order valence-corrected chi connectivity index (χ4v) is 3.47. The van der Waals surface area contributed by atoms with E-state index < -0.39 is 0 Å². The number of benzene rings is 1. The van der Waals surface area contributed by atoms with E-state index in [1.807, 2.05) is 0 Å². The average molecular weight is 355 g/mol. The fraction of sp³-hybridized carbons (Fsp3) is 0.625. The molecule has 2 aliphatic heterocycles. The number of ether oxygens (including phenoxy) is 2. The Kier molecular flexibility index (Phi) is 5.03. The van der Waals surface area contributed by atoms with E-state index in [0.29, 0.717) is 6.04 Å². The zero-order valence-electron chi connectivity index (χ0n) is 12.5. The number of likely N-dealkylation sites (tertiary alicyclic amines) is 1. The van der Waals surface area contributed by atoms with Gasteiger partial charge in [0.25, 0.3) is 0 Å². The van der Waals surface area contributed by atoms with Crippen molar-refractivity contribution in [1.82, 2.24) is 10.2 Å². The molecule has 0 aromatic heterocycles. The molecular formula is C16H23BrN2O2. The van der Waals surface area contributed by atoms with E-state index in [0.717, 1.165) is 42.2 Å². The molecule has 116 valence electrons. The Labute approximate surface area is 134 Å². The van der Waals surface area contributed by atoms with Crippen LogP contribution in [0.1, 0.15) is 24.8 Å². The van der Waals surface area contributed by atoms with Gasteiger partial charge in [0.1, 0.15) is 0 Å². The number of rotatable bonds is 3. The summed E-state index contributed by atoms with van der Waals surface area (Å²) >= 11 is 3.60. The third-order valence-electron chi connectivity index (χ3n) is 4.18. The lowest BCUT2D eigenvalue weighted by Gasteiger charge is -2.29. The highest BCUT2D eigenvalue weighted by Gasteiger charge is 2.18. The topological polar surface area (TPSA) is 33.7 Å². The van der Waals surface area contributed by atoms with Gasteiger partial charge in [-0.15, -0.1) is 0 Å². The third kappa shape index (κ3) is 3.90. The Morgan fingerprint density at radius 2 is 2.00 bits per heavy atom. The summed E-state index contributed by atoms with van der Waals surface area (Å²) in [5.41, 5.74) is 1.24. The monoisotopic (exact) mass is 354 g/mol. The molecule has 1 aromatic rings. The number of halogens is 1. The molecule has 0 amide bonds. The fourth-order valence-electron chi connectivity index (χ4n) is 2.86. The van der Waals surface area contributed by atoms with E-state index in [9.17, 15) is 0 Å². The first-order valence-electron chi connectivity index (χ1n) is 7.72. The van der Waals surface area contributed by atoms with Gasteiger partial charge in [-0.2, -0.15) is 0 Å². The van der Waals surface area contributed by atoms with Crippen LogP contribution in [0.4, 0.5) is 0 Å². The second kappa shape index (κ2) is 6.99. The first-order chi connectivity index (χ1) is 10.2. The van der Waals surface area contributed by atoms with E-state index in [4.69, 9.17) is 9.47 Å². The van der Waals surface area contributed by atoms with Crippen molar-refractivity contribution in [1.29, 1.82) is 0 Å². The molecule has 0 atom stereocenters. The van der Waals surface area contributed by atoms with Crippen LogP contribution in [-0.4, -0.2) is 44.3 Å². The molecule has 0 unspecified atom stereocenters. The van der Waals surface area contributed by atoms with Gasteiger partial charge in [-0.3, -0.25) is 0 Å². The third-order valence-corrected chi connectivity index (χ3v) is 4.76. The van der Waals surface area contributed by atoms with Gasteiger partial charge in [0.2, 0.25) is 0 Å². The number of hydrogen-bond donors (Lipinski definition) is 1. The van der Waals surface area contributed by atoms with Gasteiger partial charge in [0.05, 0.1) is 17.7 Å². The van der Waals surface area contributed by atoms with Crippen LogP contribution < -0.4 is 14.8 Å². The summed E-state index contributed by atoms with van der Waals surface area (Å²) in [5, 5.41) is 3.66. The summed E-state index contributed by atoms with van der Waals surface area (Å²) in [6, 6.07) is 4.86. The van der Waals surface area contributed by atoms with Crippen LogP contribution in [0.2, 0.25) is 0 Å². The SMILES string of the molecule is CN1CCC(NCc2cc(Br)c3c(c2)OCCCO3)CC1. The molecule has 5 heteroatoms. The maximum atomic E-state index is 5.79. The van der Waals surface area contributed by atoms with Gasteiger partial charge in [-0.05, 0) is 66.6 Å². The molecule has 2 aliphatic rings. The van der Waals surface area contributed by atoms with Crippen LogP contribution in [-0.2, 0) is 6.54 Å². The first kappa shape index (κ1) is 15.1. The number of fused-ring (bicyclic) bond motifs is 1. The summed E-state index contributed by atoms with van der Waals surface area (Å²) in [6.07, 6.45) is 3.38. The van der Waals surface area contributed by atoms with Crippen molar-refractivity contribution in [3.05, 3.63) is 22.2 Å². The van der Waals surface area contributed by atoms with E-state index in [-0.39, 0.29) is 0 Å².